The average molecular weight is 317 g/mol. The van der Waals surface area contributed by atoms with E-state index in [0.29, 0.717) is 38.8 Å². The lowest BCUT2D eigenvalue weighted by atomic mass is 10.1. The number of aryl methyl sites for hydroxylation is 3. The van der Waals surface area contributed by atoms with Crippen molar-refractivity contribution in [1.82, 2.24) is 10.1 Å². The molecule has 112 valence electrons. The molecule has 22 heavy (non-hydrogen) atoms. The smallest absolute Gasteiger partial charge is 0.344 e. The largest absolute Gasteiger partial charge is 0.421 e. The van der Waals surface area contributed by atoms with Crippen molar-refractivity contribution in [2.45, 2.75) is 20.8 Å². The van der Waals surface area contributed by atoms with Crippen LogP contribution in [0.3, 0.4) is 0 Å². The number of carbonyl (C=O) groups is 1. The first kappa shape index (κ1) is 14.5. The third-order valence-electron chi connectivity index (χ3n) is 3.25. The number of halogens is 1. The number of benzene rings is 1. The summed E-state index contributed by atoms with van der Waals surface area (Å²) in [6.07, 6.45) is 0. The van der Waals surface area contributed by atoms with Crippen LogP contribution in [0.2, 0.25) is 5.02 Å². The van der Waals surface area contributed by atoms with Crippen LogP contribution in [0, 0.1) is 20.8 Å². The number of rotatable bonds is 2. The fraction of sp³-hybridized carbons (Fsp3) is 0.188. The van der Waals surface area contributed by atoms with E-state index in [1.54, 1.807) is 32.0 Å². The molecule has 2 aromatic heterocycles. The van der Waals surface area contributed by atoms with Gasteiger partial charge in [-0.3, -0.25) is 0 Å². The number of pyridine rings is 1. The zero-order chi connectivity index (χ0) is 15.9. The minimum absolute atomic E-state index is 0.319. The summed E-state index contributed by atoms with van der Waals surface area (Å²) in [4.78, 5) is 16.7. The van der Waals surface area contributed by atoms with E-state index in [1.165, 1.54) is 0 Å². The third-order valence-corrected chi connectivity index (χ3v) is 3.57. The number of nitrogens with zero attached hydrogens (tertiary/aromatic N) is 2. The Morgan fingerprint density at radius 1 is 1.23 bits per heavy atom. The van der Waals surface area contributed by atoms with Crippen molar-refractivity contribution in [2.24, 2.45) is 0 Å². The van der Waals surface area contributed by atoms with Gasteiger partial charge in [-0.15, -0.1) is 0 Å². The quantitative estimate of drug-likeness (QED) is 0.527. The Balaban J connectivity index is 2.05. The molecule has 0 saturated carbocycles. The Morgan fingerprint density at radius 2 is 2.00 bits per heavy atom. The van der Waals surface area contributed by atoms with Gasteiger partial charge in [0.15, 0.2) is 0 Å². The molecule has 1 aromatic carbocycles. The van der Waals surface area contributed by atoms with Crippen LogP contribution < -0.4 is 4.74 Å². The molecule has 0 radical (unpaired) electrons. The maximum Gasteiger partial charge on any atom is 0.344 e. The normalized spacial score (nSPS) is 10.9. The van der Waals surface area contributed by atoms with Gasteiger partial charge in [-0.05, 0) is 44.5 Å². The number of hydrogen-bond acceptors (Lipinski definition) is 5. The number of hydrogen-bond donors (Lipinski definition) is 0. The van der Waals surface area contributed by atoms with E-state index in [4.69, 9.17) is 20.9 Å². The zero-order valence-corrected chi connectivity index (χ0v) is 13.1. The molecule has 0 saturated heterocycles. The van der Waals surface area contributed by atoms with Gasteiger partial charge in [0.2, 0.25) is 0 Å². The molecule has 2 heterocycles. The fourth-order valence-electron chi connectivity index (χ4n) is 2.22. The maximum absolute atomic E-state index is 12.5. The summed E-state index contributed by atoms with van der Waals surface area (Å²) in [6.45, 7) is 5.42. The summed E-state index contributed by atoms with van der Waals surface area (Å²) >= 11 is 6.07. The molecule has 0 spiro atoms. The van der Waals surface area contributed by atoms with Crippen molar-refractivity contribution >= 4 is 28.7 Å². The Hall–Kier alpha value is -2.40. The number of carbonyl (C=O) groups excluding carboxylic acids is 1. The van der Waals surface area contributed by atoms with E-state index in [2.05, 4.69) is 10.1 Å². The molecule has 0 fully saturated rings. The van der Waals surface area contributed by atoms with Crippen molar-refractivity contribution in [1.29, 1.82) is 0 Å². The summed E-state index contributed by atoms with van der Waals surface area (Å²) in [5.41, 5.74) is 2.86. The van der Waals surface area contributed by atoms with Crippen LogP contribution in [-0.2, 0) is 0 Å². The molecule has 0 bridgehead atoms. The summed E-state index contributed by atoms with van der Waals surface area (Å²) in [5.74, 6) is -0.197. The molecule has 5 nitrogen and oxygen atoms in total. The third kappa shape index (κ3) is 2.55. The Kier molecular flexibility index (Phi) is 3.58. The Morgan fingerprint density at radius 3 is 2.77 bits per heavy atom. The van der Waals surface area contributed by atoms with Crippen LogP contribution in [0.1, 0.15) is 27.3 Å². The minimum Gasteiger partial charge on any atom is -0.421 e. The summed E-state index contributed by atoms with van der Waals surface area (Å²) in [5, 5.41) is 4.78. The van der Waals surface area contributed by atoms with E-state index in [0.717, 1.165) is 5.56 Å². The SMILES string of the molecule is Cc1ccc(Cl)c(OC(=O)c2cc(C)nc3onc(C)c23)c1. The topological polar surface area (TPSA) is 65.2 Å². The summed E-state index contributed by atoms with van der Waals surface area (Å²) < 4.78 is 10.5. The van der Waals surface area contributed by atoms with Crippen molar-refractivity contribution < 1.29 is 14.1 Å². The van der Waals surface area contributed by atoms with E-state index in [1.807, 2.05) is 13.0 Å². The van der Waals surface area contributed by atoms with Crippen molar-refractivity contribution in [3.63, 3.8) is 0 Å². The second kappa shape index (κ2) is 5.42. The van der Waals surface area contributed by atoms with Gasteiger partial charge in [0, 0.05) is 5.69 Å². The highest BCUT2D eigenvalue weighted by atomic mass is 35.5. The molecule has 6 heteroatoms. The lowest BCUT2D eigenvalue weighted by molar-refractivity contribution is 0.0736. The van der Waals surface area contributed by atoms with E-state index in [9.17, 15) is 4.79 Å². The standard InChI is InChI=1S/C16H13ClN2O3/c1-8-4-5-12(17)13(6-8)21-16(20)11-7-9(2)18-15-14(11)10(3)19-22-15/h4-7H,1-3H3. The Bertz CT molecular complexity index is 886. The van der Waals surface area contributed by atoms with E-state index < -0.39 is 5.97 Å². The van der Waals surface area contributed by atoms with Crippen molar-refractivity contribution in [3.05, 3.63) is 51.8 Å². The van der Waals surface area contributed by atoms with Crippen LogP contribution in [0.15, 0.2) is 28.8 Å². The molecule has 0 aliphatic carbocycles. The first-order valence-electron chi connectivity index (χ1n) is 6.67. The highest BCUT2D eigenvalue weighted by Crippen LogP contribution is 2.28. The summed E-state index contributed by atoms with van der Waals surface area (Å²) in [6, 6.07) is 6.90. The van der Waals surface area contributed by atoms with E-state index >= 15 is 0 Å². The molecule has 0 aliphatic heterocycles. The van der Waals surface area contributed by atoms with Gasteiger partial charge < -0.3 is 9.26 Å². The van der Waals surface area contributed by atoms with Crippen molar-refractivity contribution in [3.8, 4) is 5.75 Å². The molecular weight excluding hydrogens is 304 g/mol. The van der Waals surface area contributed by atoms with Gasteiger partial charge in [-0.2, -0.15) is 0 Å². The maximum atomic E-state index is 12.5. The summed E-state index contributed by atoms with van der Waals surface area (Å²) in [7, 11) is 0. The second-order valence-corrected chi connectivity index (χ2v) is 5.49. The van der Waals surface area contributed by atoms with Crippen LogP contribution in [0.5, 0.6) is 5.75 Å². The minimum atomic E-state index is -0.519. The van der Waals surface area contributed by atoms with Crippen molar-refractivity contribution in [2.75, 3.05) is 0 Å². The lowest BCUT2D eigenvalue weighted by Gasteiger charge is -2.08. The number of esters is 1. The predicted molar refractivity (Wildman–Crippen MR) is 82.4 cm³/mol. The van der Waals surface area contributed by atoms with Crippen LogP contribution in [0.25, 0.3) is 11.1 Å². The number of aromatic nitrogens is 2. The molecular formula is C16H13ClN2O3. The number of ether oxygens (including phenoxy) is 1. The predicted octanol–water partition coefficient (Wildman–Crippen LogP) is 4.02. The van der Waals surface area contributed by atoms with Gasteiger partial charge in [0.25, 0.3) is 5.71 Å². The molecule has 0 unspecified atom stereocenters. The first-order valence-corrected chi connectivity index (χ1v) is 7.05. The molecule has 0 atom stereocenters. The molecule has 0 amide bonds. The number of fused-ring (bicyclic) bond motifs is 1. The molecule has 3 aromatic rings. The first-order chi connectivity index (χ1) is 10.5. The Labute approximate surface area is 131 Å². The van der Waals surface area contributed by atoms with Gasteiger partial charge in [-0.25, -0.2) is 9.78 Å². The molecule has 3 rings (SSSR count). The second-order valence-electron chi connectivity index (χ2n) is 5.08. The van der Waals surface area contributed by atoms with Crippen LogP contribution >= 0.6 is 11.6 Å². The monoisotopic (exact) mass is 316 g/mol. The highest BCUT2D eigenvalue weighted by molar-refractivity contribution is 6.32. The average Bonchev–Trinajstić information content (AvgIpc) is 2.83. The van der Waals surface area contributed by atoms with Gasteiger partial charge in [0.05, 0.1) is 21.7 Å². The van der Waals surface area contributed by atoms with Gasteiger partial charge >= 0.3 is 5.97 Å². The van der Waals surface area contributed by atoms with Gasteiger partial charge in [0.1, 0.15) is 5.75 Å². The lowest BCUT2D eigenvalue weighted by Crippen LogP contribution is -2.10. The highest BCUT2D eigenvalue weighted by Gasteiger charge is 2.20. The van der Waals surface area contributed by atoms with E-state index in [-0.39, 0.29) is 0 Å². The molecule has 0 N–H and O–H groups in total. The van der Waals surface area contributed by atoms with Crippen LogP contribution in [-0.4, -0.2) is 16.1 Å². The zero-order valence-electron chi connectivity index (χ0n) is 12.3. The molecule has 0 aliphatic rings. The fourth-order valence-corrected chi connectivity index (χ4v) is 2.38. The van der Waals surface area contributed by atoms with Crippen LogP contribution in [0.4, 0.5) is 0 Å². The van der Waals surface area contributed by atoms with Gasteiger partial charge in [-0.1, -0.05) is 22.8 Å².